The number of hydrogen-bond donors (Lipinski definition) is 0. The molecule has 0 aromatic heterocycles. The molecule has 88 valence electrons. The summed E-state index contributed by atoms with van der Waals surface area (Å²) in [7, 11) is 0. The summed E-state index contributed by atoms with van der Waals surface area (Å²) in [5, 5.41) is 0.555. The summed E-state index contributed by atoms with van der Waals surface area (Å²) in [4.78, 5) is 11.7. The Hall–Kier alpha value is -0.760. The van der Waals surface area contributed by atoms with E-state index in [1.54, 1.807) is 11.8 Å². The smallest absolute Gasteiger partial charge is 0.147 e. The summed E-state index contributed by atoms with van der Waals surface area (Å²) >= 11 is 1.76. The Balaban J connectivity index is 2.32. The summed E-state index contributed by atoms with van der Waals surface area (Å²) in [5.74, 6) is 1.59. The van der Waals surface area contributed by atoms with Gasteiger partial charge in [-0.25, -0.2) is 0 Å². The van der Waals surface area contributed by atoms with Crippen LogP contribution in [0.3, 0.4) is 0 Å². The average molecular weight is 236 g/mol. The van der Waals surface area contributed by atoms with Crippen molar-refractivity contribution in [1.82, 2.24) is 0 Å². The molecule has 0 radical (unpaired) electrons. The highest BCUT2D eigenvalue weighted by Crippen LogP contribution is 2.18. The van der Waals surface area contributed by atoms with Gasteiger partial charge in [-0.1, -0.05) is 51.1 Å². The maximum atomic E-state index is 11.7. The minimum absolute atomic E-state index is 0.323. The van der Waals surface area contributed by atoms with Crippen molar-refractivity contribution >= 4 is 17.5 Å². The zero-order valence-electron chi connectivity index (χ0n) is 10.3. The number of carbonyl (C=O) groups is 1. The fourth-order valence-electron chi connectivity index (χ4n) is 1.29. The van der Waals surface area contributed by atoms with Gasteiger partial charge in [0.25, 0.3) is 0 Å². The largest absolute Gasteiger partial charge is 0.298 e. The van der Waals surface area contributed by atoms with Crippen molar-refractivity contribution < 1.29 is 4.79 Å². The van der Waals surface area contributed by atoms with Crippen LogP contribution >= 0.6 is 11.8 Å². The quantitative estimate of drug-likeness (QED) is 0.751. The van der Waals surface area contributed by atoms with Crippen LogP contribution in [0.1, 0.15) is 26.3 Å². The van der Waals surface area contributed by atoms with Crippen molar-refractivity contribution in [3.8, 4) is 0 Å². The molecule has 0 aliphatic carbocycles. The Kier molecular flexibility index (Phi) is 5.61. The molecule has 1 rings (SSSR count). The van der Waals surface area contributed by atoms with Gasteiger partial charge in [0.15, 0.2) is 0 Å². The summed E-state index contributed by atoms with van der Waals surface area (Å²) in [6, 6.07) is 9.95. The molecule has 1 nitrogen and oxygen atoms in total. The van der Waals surface area contributed by atoms with Crippen molar-refractivity contribution in [2.75, 3.05) is 5.75 Å². The van der Waals surface area contributed by atoms with Crippen LogP contribution in [0.5, 0.6) is 0 Å². The molecular formula is C14H20OS. The molecule has 0 amide bonds. The van der Waals surface area contributed by atoms with E-state index in [1.807, 2.05) is 30.3 Å². The van der Waals surface area contributed by atoms with Crippen LogP contribution in [0.25, 0.3) is 0 Å². The second-order valence-corrected chi connectivity index (χ2v) is 5.83. The first-order chi connectivity index (χ1) is 7.59. The van der Waals surface area contributed by atoms with Gasteiger partial charge in [0.2, 0.25) is 0 Å². The van der Waals surface area contributed by atoms with Crippen molar-refractivity contribution in [2.24, 2.45) is 5.92 Å². The zero-order valence-corrected chi connectivity index (χ0v) is 11.1. The second-order valence-electron chi connectivity index (χ2n) is 4.46. The number of Topliss-reactive ketones (excluding diaryl/α,β-unsaturated/α-hetero) is 1. The molecule has 0 saturated heterocycles. The molecule has 0 heterocycles. The third kappa shape index (κ3) is 4.84. The number of rotatable bonds is 6. The molecule has 1 aromatic rings. The molecule has 0 saturated carbocycles. The minimum Gasteiger partial charge on any atom is -0.298 e. The van der Waals surface area contributed by atoms with Gasteiger partial charge in [-0.2, -0.15) is 11.8 Å². The van der Waals surface area contributed by atoms with E-state index in [2.05, 4.69) is 20.8 Å². The number of carbonyl (C=O) groups excluding carboxylic acids is 1. The molecular weight excluding hydrogens is 216 g/mol. The Morgan fingerprint density at radius 3 is 2.38 bits per heavy atom. The first-order valence-electron chi connectivity index (χ1n) is 5.77. The van der Waals surface area contributed by atoms with Gasteiger partial charge in [0, 0.05) is 11.7 Å². The molecule has 1 aromatic carbocycles. The number of hydrogen-bond acceptors (Lipinski definition) is 2. The molecule has 0 spiro atoms. The minimum atomic E-state index is 0.323. The van der Waals surface area contributed by atoms with E-state index in [0.717, 1.165) is 5.56 Å². The topological polar surface area (TPSA) is 17.1 Å². The van der Waals surface area contributed by atoms with Gasteiger partial charge in [-0.3, -0.25) is 4.79 Å². The van der Waals surface area contributed by atoms with E-state index in [-0.39, 0.29) is 0 Å². The summed E-state index contributed by atoms with van der Waals surface area (Å²) in [6.07, 6.45) is 0.568. The Bertz CT molecular complexity index is 319. The third-order valence-electron chi connectivity index (χ3n) is 2.69. The summed E-state index contributed by atoms with van der Waals surface area (Å²) < 4.78 is 0. The number of thioether (sulfide) groups is 1. The monoisotopic (exact) mass is 236 g/mol. The lowest BCUT2D eigenvalue weighted by Gasteiger charge is -2.14. The van der Waals surface area contributed by atoms with Crippen LogP contribution in [0, 0.1) is 5.92 Å². The molecule has 1 unspecified atom stereocenters. The van der Waals surface area contributed by atoms with Gasteiger partial charge in [-0.15, -0.1) is 0 Å². The zero-order chi connectivity index (χ0) is 12.0. The molecule has 1 atom stereocenters. The Labute approximate surface area is 103 Å². The molecule has 0 bridgehead atoms. The van der Waals surface area contributed by atoms with Crippen LogP contribution in [-0.4, -0.2) is 16.8 Å². The van der Waals surface area contributed by atoms with E-state index in [0.29, 0.717) is 29.1 Å². The van der Waals surface area contributed by atoms with Crippen molar-refractivity contribution in [1.29, 1.82) is 0 Å². The van der Waals surface area contributed by atoms with Crippen LogP contribution in [0.2, 0.25) is 0 Å². The lowest BCUT2D eigenvalue weighted by Crippen LogP contribution is -2.12. The standard InChI is InChI=1S/C14H20OS/c1-11(2)12(3)16-10-14(15)9-13-7-5-4-6-8-13/h4-8,11-12H,9-10H2,1-3H3. The summed E-state index contributed by atoms with van der Waals surface area (Å²) in [5.41, 5.74) is 1.12. The highest BCUT2D eigenvalue weighted by Gasteiger charge is 2.10. The molecule has 0 aliphatic heterocycles. The van der Waals surface area contributed by atoms with Gasteiger partial charge in [-0.05, 0) is 11.5 Å². The Morgan fingerprint density at radius 1 is 1.19 bits per heavy atom. The molecule has 0 N–H and O–H groups in total. The molecule has 0 aliphatic rings. The predicted octanol–water partition coefficient (Wildman–Crippen LogP) is 3.58. The van der Waals surface area contributed by atoms with Gasteiger partial charge >= 0.3 is 0 Å². The van der Waals surface area contributed by atoms with Crippen LogP contribution < -0.4 is 0 Å². The first kappa shape index (κ1) is 13.3. The third-order valence-corrected chi connectivity index (χ3v) is 4.25. The predicted molar refractivity (Wildman–Crippen MR) is 71.9 cm³/mol. The van der Waals surface area contributed by atoms with Crippen molar-refractivity contribution in [3.63, 3.8) is 0 Å². The lowest BCUT2D eigenvalue weighted by atomic mass is 10.1. The lowest BCUT2D eigenvalue weighted by molar-refractivity contribution is -0.116. The number of ketones is 1. The Morgan fingerprint density at radius 2 is 1.81 bits per heavy atom. The van der Waals surface area contributed by atoms with Crippen LogP contribution in [0.15, 0.2) is 30.3 Å². The fraction of sp³-hybridized carbons (Fsp3) is 0.500. The molecule has 16 heavy (non-hydrogen) atoms. The maximum Gasteiger partial charge on any atom is 0.147 e. The van der Waals surface area contributed by atoms with Gasteiger partial charge in [0.1, 0.15) is 5.78 Å². The average Bonchev–Trinajstić information content (AvgIpc) is 2.27. The molecule has 2 heteroatoms. The summed E-state index contributed by atoms with van der Waals surface area (Å²) in [6.45, 7) is 6.57. The van der Waals surface area contributed by atoms with E-state index >= 15 is 0 Å². The van der Waals surface area contributed by atoms with Crippen molar-refractivity contribution in [2.45, 2.75) is 32.4 Å². The highest BCUT2D eigenvalue weighted by atomic mass is 32.2. The van der Waals surface area contributed by atoms with E-state index in [1.165, 1.54) is 0 Å². The second kappa shape index (κ2) is 6.74. The maximum absolute atomic E-state index is 11.7. The normalized spacial score (nSPS) is 12.8. The van der Waals surface area contributed by atoms with Crippen LogP contribution in [0.4, 0.5) is 0 Å². The van der Waals surface area contributed by atoms with E-state index in [9.17, 15) is 4.79 Å². The van der Waals surface area contributed by atoms with Gasteiger partial charge < -0.3 is 0 Å². The van der Waals surface area contributed by atoms with Crippen LogP contribution in [-0.2, 0) is 11.2 Å². The van der Waals surface area contributed by atoms with Crippen molar-refractivity contribution in [3.05, 3.63) is 35.9 Å². The first-order valence-corrected chi connectivity index (χ1v) is 6.81. The molecule has 0 fully saturated rings. The van der Waals surface area contributed by atoms with Gasteiger partial charge in [0.05, 0.1) is 5.75 Å². The fourth-order valence-corrected chi connectivity index (χ4v) is 2.23. The highest BCUT2D eigenvalue weighted by molar-refractivity contribution is 8.00. The SMILES string of the molecule is CC(C)C(C)SCC(=O)Cc1ccccc1. The number of benzene rings is 1. The van der Waals surface area contributed by atoms with E-state index in [4.69, 9.17) is 0 Å². The van der Waals surface area contributed by atoms with E-state index < -0.39 is 0 Å².